The summed E-state index contributed by atoms with van der Waals surface area (Å²) < 4.78 is 72.2. The van der Waals surface area contributed by atoms with Crippen LogP contribution in [0.1, 0.15) is 96.0 Å². The largest absolute Gasteiger partial charge is 0.494 e. The fraction of sp³-hybridized carbons (Fsp3) is 0.806. The minimum Gasteiger partial charge on any atom is -0.494 e. The minimum absolute atomic E-state index is 0.0250. The molecule has 1 aromatic rings. The van der Waals surface area contributed by atoms with Crippen LogP contribution in [-0.4, -0.2) is 88.7 Å². The van der Waals surface area contributed by atoms with E-state index in [1.807, 2.05) is 31.2 Å². The van der Waals surface area contributed by atoms with Crippen LogP contribution in [0.25, 0.3) is 0 Å². The lowest BCUT2D eigenvalue weighted by atomic mass is 10.1. The Bertz CT molecular complexity index is 1100. The van der Waals surface area contributed by atoms with E-state index >= 15 is 0 Å². The average molecular weight is 631 g/mol. The zero-order chi connectivity index (χ0) is 30.3. The van der Waals surface area contributed by atoms with Gasteiger partial charge in [0.05, 0.1) is 31.3 Å². The zero-order valence-electron chi connectivity index (χ0n) is 25.9. The van der Waals surface area contributed by atoms with E-state index in [1.165, 1.54) is 32.1 Å². The Kier molecular flexibility index (Phi) is 15.6. The van der Waals surface area contributed by atoms with Crippen molar-refractivity contribution in [2.24, 2.45) is 0 Å². The van der Waals surface area contributed by atoms with Crippen LogP contribution in [0.5, 0.6) is 5.75 Å². The molecule has 0 N–H and O–H groups in total. The van der Waals surface area contributed by atoms with Crippen LogP contribution in [0.4, 0.5) is 0 Å². The normalized spacial score (nSPS) is 20.4. The summed E-state index contributed by atoms with van der Waals surface area (Å²) in [5.41, 5.74) is 1.15. The topological polar surface area (TPSA) is 102 Å². The first kappa shape index (κ1) is 35.2. The molecule has 1 aromatic carbocycles. The molecule has 2 aliphatic rings. The lowest BCUT2D eigenvalue weighted by Crippen LogP contribution is -2.40. The molecule has 0 bridgehead atoms. The Balaban J connectivity index is 1.30. The second-order valence-corrected chi connectivity index (χ2v) is 15.9. The van der Waals surface area contributed by atoms with Gasteiger partial charge < -0.3 is 14.2 Å². The number of hydrogen-bond acceptors (Lipinski definition) is 7. The van der Waals surface area contributed by atoms with Gasteiger partial charge in [-0.25, -0.2) is 16.8 Å². The van der Waals surface area contributed by atoms with Crippen LogP contribution < -0.4 is 4.74 Å². The lowest BCUT2D eigenvalue weighted by Gasteiger charge is -2.25. The van der Waals surface area contributed by atoms with Crippen molar-refractivity contribution >= 4 is 20.0 Å². The van der Waals surface area contributed by atoms with Crippen LogP contribution >= 0.6 is 0 Å². The molecule has 0 unspecified atom stereocenters. The van der Waals surface area contributed by atoms with E-state index in [-0.39, 0.29) is 37.0 Å². The maximum atomic E-state index is 13.0. The van der Waals surface area contributed by atoms with Crippen molar-refractivity contribution in [3.05, 3.63) is 29.8 Å². The van der Waals surface area contributed by atoms with E-state index in [1.54, 1.807) is 8.61 Å². The summed E-state index contributed by atoms with van der Waals surface area (Å²) in [4.78, 5) is 0. The first-order valence-electron chi connectivity index (χ1n) is 16.1. The van der Waals surface area contributed by atoms with Gasteiger partial charge in [0.25, 0.3) is 0 Å². The van der Waals surface area contributed by atoms with Gasteiger partial charge in [0.2, 0.25) is 20.0 Å². The molecule has 0 saturated carbocycles. The molecule has 0 aromatic heterocycles. The van der Waals surface area contributed by atoms with Crippen molar-refractivity contribution in [3.8, 4) is 5.75 Å². The lowest BCUT2D eigenvalue weighted by molar-refractivity contribution is -0.0707. The van der Waals surface area contributed by atoms with Crippen molar-refractivity contribution in [1.29, 1.82) is 0 Å². The van der Waals surface area contributed by atoms with Gasteiger partial charge in [-0.15, -0.1) is 0 Å². The molecular weight excluding hydrogens is 576 g/mol. The monoisotopic (exact) mass is 630 g/mol. The number of unbranched alkanes of at least 4 members (excludes halogenated alkanes) is 7. The first-order chi connectivity index (χ1) is 20.2. The SMILES string of the molecule is CCCCCCCCCCS(=O)(=O)N1CCC[C@H]1COCOC[C@@H]1CCCN1S(=O)(=O)CCCOc1ccc(C)cc1. The molecule has 0 radical (unpaired) electrons. The van der Waals surface area contributed by atoms with Crippen LogP contribution in [0.15, 0.2) is 24.3 Å². The molecule has 2 aliphatic heterocycles. The van der Waals surface area contributed by atoms with Gasteiger partial charge in [-0.2, -0.15) is 8.61 Å². The minimum atomic E-state index is -3.41. The van der Waals surface area contributed by atoms with E-state index in [9.17, 15) is 16.8 Å². The molecule has 2 fully saturated rings. The Morgan fingerprint density at radius 2 is 1.21 bits per heavy atom. The van der Waals surface area contributed by atoms with Gasteiger partial charge in [-0.05, 0) is 57.6 Å². The highest BCUT2D eigenvalue weighted by molar-refractivity contribution is 7.89. The van der Waals surface area contributed by atoms with Crippen LogP contribution in [-0.2, 0) is 29.5 Å². The Hall–Kier alpha value is -1.24. The summed E-state index contributed by atoms with van der Waals surface area (Å²) in [5.74, 6) is 0.989. The number of ether oxygens (including phenoxy) is 3. The van der Waals surface area contributed by atoms with Gasteiger partial charge in [0, 0.05) is 25.2 Å². The molecule has 0 amide bonds. The summed E-state index contributed by atoms with van der Waals surface area (Å²) in [7, 11) is -6.69. The van der Waals surface area contributed by atoms with Gasteiger partial charge >= 0.3 is 0 Å². The quantitative estimate of drug-likeness (QED) is 0.123. The van der Waals surface area contributed by atoms with E-state index in [0.717, 1.165) is 49.8 Å². The zero-order valence-corrected chi connectivity index (χ0v) is 27.5. The molecule has 2 heterocycles. The van der Waals surface area contributed by atoms with Gasteiger partial charge in [0.15, 0.2) is 0 Å². The van der Waals surface area contributed by atoms with E-state index in [2.05, 4.69) is 6.92 Å². The number of aryl methyl sites for hydroxylation is 1. The average Bonchev–Trinajstić information content (AvgIpc) is 3.64. The van der Waals surface area contributed by atoms with E-state index in [0.29, 0.717) is 39.1 Å². The van der Waals surface area contributed by atoms with Gasteiger partial charge in [-0.1, -0.05) is 69.6 Å². The highest BCUT2D eigenvalue weighted by atomic mass is 32.2. The number of sulfonamides is 2. The predicted octanol–water partition coefficient (Wildman–Crippen LogP) is 5.48. The standard InChI is InChI=1S/C31H54N2O7S2/c1-3-4-5-6-7-8-9-10-23-41(34,35)32-20-11-14-29(32)25-38-27-39-26-30-15-12-21-33(30)42(36,37)24-13-22-40-31-18-16-28(2)17-19-31/h16-19,29-30H,3-15,20-27H2,1-2H3/t29-,30-/m0/s1. The molecule has 42 heavy (non-hydrogen) atoms. The number of hydrogen-bond donors (Lipinski definition) is 0. The molecule has 2 atom stereocenters. The van der Waals surface area contributed by atoms with Crippen LogP contribution in [0.3, 0.4) is 0 Å². The number of benzene rings is 1. The number of nitrogens with zero attached hydrogens (tertiary/aromatic N) is 2. The van der Waals surface area contributed by atoms with Crippen LogP contribution in [0, 0.1) is 6.92 Å². The summed E-state index contributed by atoms with van der Waals surface area (Å²) in [6, 6.07) is 7.36. The van der Waals surface area contributed by atoms with Gasteiger partial charge in [0.1, 0.15) is 12.5 Å². The summed E-state index contributed by atoms with van der Waals surface area (Å²) in [5, 5.41) is 0. The van der Waals surface area contributed by atoms with E-state index < -0.39 is 20.0 Å². The fourth-order valence-electron chi connectivity index (χ4n) is 5.83. The Morgan fingerprint density at radius 1 is 0.714 bits per heavy atom. The molecule has 0 aliphatic carbocycles. The van der Waals surface area contributed by atoms with Crippen molar-refractivity contribution < 1.29 is 31.0 Å². The molecule has 242 valence electrons. The molecule has 3 rings (SSSR count). The molecule has 2 saturated heterocycles. The van der Waals surface area contributed by atoms with Crippen LogP contribution in [0.2, 0.25) is 0 Å². The molecule has 9 nitrogen and oxygen atoms in total. The third-order valence-corrected chi connectivity index (χ3v) is 12.2. The third-order valence-electron chi connectivity index (χ3n) is 8.24. The maximum absolute atomic E-state index is 13.0. The summed E-state index contributed by atoms with van der Waals surface area (Å²) in [6.07, 6.45) is 12.6. The Labute approximate surface area is 255 Å². The second kappa shape index (κ2) is 18.5. The van der Waals surface area contributed by atoms with E-state index in [4.69, 9.17) is 14.2 Å². The number of rotatable bonds is 22. The highest BCUT2D eigenvalue weighted by Gasteiger charge is 2.35. The fourth-order valence-corrected chi connectivity index (χ4v) is 9.41. The van der Waals surface area contributed by atoms with Crippen molar-refractivity contribution in [2.45, 2.75) is 109 Å². The second-order valence-electron chi connectivity index (χ2n) is 11.8. The summed E-state index contributed by atoms with van der Waals surface area (Å²) in [6.45, 7) is 6.21. The highest BCUT2D eigenvalue weighted by Crippen LogP contribution is 2.24. The third kappa shape index (κ3) is 12.0. The molecule has 11 heteroatoms. The summed E-state index contributed by atoms with van der Waals surface area (Å²) >= 11 is 0. The van der Waals surface area contributed by atoms with Crippen molar-refractivity contribution in [2.75, 3.05) is 51.2 Å². The predicted molar refractivity (Wildman–Crippen MR) is 168 cm³/mol. The molecular formula is C31H54N2O7S2. The van der Waals surface area contributed by atoms with Gasteiger partial charge in [-0.3, -0.25) is 0 Å². The van der Waals surface area contributed by atoms with Crippen molar-refractivity contribution in [1.82, 2.24) is 8.61 Å². The first-order valence-corrected chi connectivity index (χ1v) is 19.3. The van der Waals surface area contributed by atoms with Crippen molar-refractivity contribution in [3.63, 3.8) is 0 Å². The Morgan fingerprint density at radius 3 is 1.76 bits per heavy atom. The maximum Gasteiger partial charge on any atom is 0.214 e. The smallest absolute Gasteiger partial charge is 0.214 e. The molecule has 0 spiro atoms.